The highest BCUT2D eigenvalue weighted by atomic mass is 35.5. The van der Waals surface area contributed by atoms with Crippen LogP contribution in [0.25, 0.3) is 16.7 Å². The van der Waals surface area contributed by atoms with E-state index in [0.717, 1.165) is 12.8 Å². The van der Waals surface area contributed by atoms with E-state index >= 15 is 0 Å². The van der Waals surface area contributed by atoms with Gasteiger partial charge in [0.05, 0.1) is 29.7 Å². The van der Waals surface area contributed by atoms with Gasteiger partial charge in [0.1, 0.15) is 22.6 Å². The molecule has 1 fully saturated rings. The van der Waals surface area contributed by atoms with Crippen LogP contribution >= 0.6 is 23.2 Å². The number of hydrogen-bond acceptors (Lipinski definition) is 7. The molecule has 3 aromatic heterocycles. The van der Waals surface area contributed by atoms with Crippen molar-refractivity contribution in [3.8, 4) is 5.75 Å². The van der Waals surface area contributed by atoms with Crippen molar-refractivity contribution in [1.29, 1.82) is 0 Å². The number of carbonyl (C=O) groups excluding carboxylic acids is 2. The van der Waals surface area contributed by atoms with Gasteiger partial charge < -0.3 is 18.8 Å². The van der Waals surface area contributed by atoms with E-state index in [1.807, 2.05) is 0 Å². The monoisotopic (exact) mass is 584 g/mol. The zero-order valence-electron chi connectivity index (χ0n) is 21.8. The van der Waals surface area contributed by atoms with Gasteiger partial charge in [0.2, 0.25) is 0 Å². The maximum Gasteiger partial charge on any atom is 0.341 e. The Morgan fingerprint density at radius 3 is 2.77 bits per heavy atom. The summed E-state index contributed by atoms with van der Waals surface area (Å²) in [5, 5.41) is 0.825. The van der Waals surface area contributed by atoms with Gasteiger partial charge in [-0.2, -0.15) is 4.99 Å². The Morgan fingerprint density at radius 2 is 2.05 bits per heavy atom. The number of ether oxygens (including phenoxy) is 3. The van der Waals surface area contributed by atoms with Crippen LogP contribution in [0.3, 0.4) is 0 Å². The van der Waals surface area contributed by atoms with E-state index in [1.54, 1.807) is 48.0 Å². The van der Waals surface area contributed by atoms with Crippen LogP contribution in [0.5, 0.6) is 5.75 Å². The number of esters is 1. The molecule has 0 N–H and O–H groups in total. The molecule has 208 valence electrons. The summed E-state index contributed by atoms with van der Waals surface area (Å²) in [6.07, 6.45) is 1.91. The van der Waals surface area contributed by atoms with E-state index < -0.39 is 18.0 Å². The third-order valence-electron chi connectivity index (χ3n) is 6.46. The van der Waals surface area contributed by atoms with E-state index in [-0.39, 0.29) is 57.7 Å². The van der Waals surface area contributed by atoms with Crippen LogP contribution in [0, 0.1) is 0 Å². The molecule has 0 spiro atoms. The molecule has 1 saturated heterocycles. The van der Waals surface area contributed by atoms with Crippen LogP contribution < -0.4 is 15.8 Å². The smallest absolute Gasteiger partial charge is 0.341 e. The molecule has 1 amide bonds. The third kappa shape index (κ3) is 5.60. The average molecular weight is 585 g/mol. The second-order valence-corrected chi connectivity index (χ2v) is 10.1. The number of amides is 1. The van der Waals surface area contributed by atoms with Crippen LogP contribution in [-0.4, -0.2) is 51.2 Å². The first-order valence-corrected chi connectivity index (χ1v) is 13.6. The minimum absolute atomic E-state index is 0.00344. The van der Waals surface area contributed by atoms with Crippen molar-refractivity contribution >= 4 is 51.8 Å². The van der Waals surface area contributed by atoms with E-state index in [1.165, 1.54) is 23.5 Å². The molecule has 1 aromatic carbocycles. The van der Waals surface area contributed by atoms with Crippen LogP contribution in [0.4, 0.5) is 0 Å². The highest BCUT2D eigenvalue weighted by Gasteiger charge is 2.25. The fraction of sp³-hybridized carbons (Fsp3) is 0.321. The first-order chi connectivity index (χ1) is 19.3. The SMILES string of the molecule is CCOC(=O)c1cc2c(=O)n3ccccc3nc2n(C[C@@H]2CCCO2)c1=NC(=O)[C@H](C)Oc1ccc(Cl)cc1Cl. The Labute approximate surface area is 238 Å². The van der Waals surface area contributed by atoms with Crippen LogP contribution in [0.1, 0.15) is 37.0 Å². The van der Waals surface area contributed by atoms with Gasteiger partial charge in [-0.25, -0.2) is 9.78 Å². The van der Waals surface area contributed by atoms with Gasteiger partial charge in [-0.3, -0.25) is 14.0 Å². The molecule has 10 nitrogen and oxygen atoms in total. The number of halogens is 2. The highest BCUT2D eigenvalue weighted by molar-refractivity contribution is 6.35. The number of benzene rings is 1. The van der Waals surface area contributed by atoms with Crippen molar-refractivity contribution in [2.24, 2.45) is 4.99 Å². The average Bonchev–Trinajstić information content (AvgIpc) is 3.45. The lowest BCUT2D eigenvalue weighted by atomic mass is 10.2. The van der Waals surface area contributed by atoms with E-state index in [0.29, 0.717) is 17.3 Å². The molecular weight excluding hydrogens is 559 g/mol. The fourth-order valence-corrected chi connectivity index (χ4v) is 4.98. The fourth-order valence-electron chi connectivity index (χ4n) is 4.53. The standard InChI is InChI=1S/C28H26Cl2N4O6/c1-3-38-28(37)20-14-19-24(31-23-8-4-5-11-33(23)27(19)36)34(15-18-7-6-12-39-18)25(20)32-26(35)16(2)40-22-10-9-17(29)13-21(22)30/h4-5,8-11,13-14,16,18H,3,6-7,12,15H2,1-2H3/t16-,18-/m0/s1. The van der Waals surface area contributed by atoms with Gasteiger partial charge >= 0.3 is 5.97 Å². The first kappa shape index (κ1) is 27.8. The van der Waals surface area contributed by atoms with Crippen LogP contribution in [0.2, 0.25) is 10.0 Å². The molecule has 40 heavy (non-hydrogen) atoms. The molecule has 0 bridgehead atoms. The number of aromatic nitrogens is 3. The Bertz CT molecular complexity index is 1740. The summed E-state index contributed by atoms with van der Waals surface area (Å²) >= 11 is 12.2. The lowest BCUT2D eigenvalue weighted by Gasteiger charge is -2.18. The normalized spacial score (nSPS) is 16.4. The molecule has 4 heterocycles. The van der Waals surface area contributed by atoms with Gasteiger partial charge in [-0.05, 0) is 63.1 Å². The largest absolute Gasteiger partial charge is 0.479 e. The molecular formula is C28H26Cl2N4O6. The van der Waals surface area contributed by atoms with Crippen molar-refractivity contribution in [3.05, 3.63) is 80.1 Å². The van der Waals surface area contributed by atoms with Gasteiger partial charge in [0, 0.05) is 17.8 Å². The van der Waals surface area contributed by atoms with E-state index in [4.69, 9.17) is 42.4 Å². The molecule has 12 heteroatoms. The van der Waals surface area contributed by atoms with Crippen molar-refractivity contribution in [2.45, 2.75) is 45.4 Å². The highest BCUT2D eigenvalue weighted by Crippen LogP contribution is 2.28. The van der Waals surface area contributed by atoms with Crippen LogP contribution in [-0.2, 0) is 20.8 Å². The lowest BCUT2D eigenvalue weighted by Crippen LogP contribution is -2.36. The predicted octanol–water partition coefficient (Wildman–Crippen LogP) is 4.21. The summed E-state index contributed by atoms with van der Waals surface area (Å²) in [4.78, 5) is 49.1. The molecule has 0 aliphatic carbocycles. The van der Waals surface area contributed by atoms with E-state index in [2.05, 4.69) is 4.99 Å². The number of pyridine rings is 2. The number of carbonyl (C=O) groups is 2. The number of fused-ring (bicyclic) bond motifs is 2. The molecule has 2 atom stereocenters. The van der Waals surface area contributed by atoms with Crippen molar-refractivity contribution in [1.82, 2.24) is 14.0 Å². The van der Waals surface area contributed by atoms with Crippen LogP contribution in [0.15, 0.2) is 58.4 Å². The molecule has 4 aromatic rings. The Kier molecular flexibility index (Phi) is 8.20. The minimum atomic E-state index is -1.07. The number of nitrogens with zero attached hydrogens (tertiary/aromatic N) is 4. The maximum atomic E-state index is 13.5. The molecule has 1 aliphatic heterocycles. The second kappa shape index (κ2) is 11.8. The Hall–Kier alpha value is -3.73. The quantitative estimate of drug-likeness (QED) is 0.236. The Morgan fingerprint density at radius 1 is 1.23 bits per heavy atom. The van der Waals surface area contributed by atoms with Gasteiger partial charge in [-0.1, -0.05) is 29.3 Å². The summed E-state index contributed by atoms with van der Waals surface area (Å²) < 4.78 is 19.9. The topological polar surface area (TPSA) is 113 Å². The summed E-state index contributed by atoms with van der Waals surface area (Å²) in [6, 6.07) is 11.2. The summed E-state index contributed by atoms with van der Waals surface area (Å²) in [5.41, 5.74) is 0.236. The van der Waals surface area contributed by atoms with Gasteiger partial charge in [0.15, 0.2) is 11.6 Å². The molecule has 1 aliphatic rings. The third-order valence-corrected chi connectivity index (χ3v) is 6.99. The van der Waals surface area contributed by atoms with Crippen molar-refractivity contribution in [2.75, 3.05) is 13.2 Å². The molecule has 0 saturated carbocycles. The van der Waals surface area contributed by atoms with Crippen molar-refractivity contribution < 1.29 is 23.8 Å². The Balaban J connectivity index is 1.72. The first-order valence-electron chi connectivity index (χ1n) is 12.8. The maximum absolute atomic E-state index is 13.5. The zero-order valence-corrected chi connectivity index (χ0v) is 23.3. The zero-order chi connectivity index (χ0) is 28.4. The summed E-state index contributed by atoms with van der Waals surface area (Å²) in [6.45, 7) is 4.06. The minimum Gasteiger partial charge on any atom is -0.479 e. The van der Waals surface area contributed by atoms with Crippen molar-refractivity contribution in [3.63, 3.8) is 0 Å². The lowest BCUT2D eigenvalue weighted by molar-refractivity contribution is -0.124. The number of hydrogen-bond donors (Lipinski definition) is 0. The number of rotatable bonds is 7. The molecule has 0 unspecified atom stereocenters. The van der Waals surface area contributed by atoms with Gasteiger partial charge in [-0.15, -0.1) is 0 Å². The molecule has 5 rings (SSSR count). The summed E-state index contributed by atoms with van der Waals surface area (Å²) in [5.74, 6) is -1.17. The predicted molar refractivity (Wildman–Crippen MR) is 149 cm³/mol. The van der Waals surface area contributed by atoms with E-state index in [9.17, 15) is 14.4 Å². The second-order valence-electron chi connectivity index (χ2n) is 9.22. The molecule has 0 radical (unpaired) electrons. The summed E-state index contributed by atoms with van der Waals surface area (Å²) in [7, 11) is 0. The van der Waals surface area contributed by atoms with Gasteiger partial charge in [0.25, 0.3) is 11.5 Å².